The molecule has 1 saturated heterocycles. The average Bonchev–Trinajstić information content (AvgIpc) is 3.21. The van der Waals surface area contributed by atoms with Crippen LogP contribution in [-0.4, -0.2) is 76.5 Å². The molecule has 1 heterocycles. The van der Waals surface area contributed by atoms with Crippen LogP contribution in [0.5, 0.6) is 0 Å². The minimum atomic E-state index is -1.20. The number of hydrogen-bond donors (Lipinski definition) is 5. The van der Waals surface area contributed by atoms with E-state index < -0.39 is 64.5 Å². The van der Waals surface area contributed by atoms with Crippen molar-refractivity contribution >= 4 is 35.3 Å². The van der Waals surface area contributed by atoms with Crippen molar-refractivity contribution in [3.05, 3.63) is 0 Å². The van der Waals surface area contributed by atoms with Crippen LogP contribution in [0.2, 0.25) is 0 Å². The Bertz CT molecular complexity index is 1380. The van der Waals surface area contributed by atoms with E-state index in [9.17, 15) is 28.8 Å². The fourth-order valence-corrected chi connectivity index (χ4v) is 10.0. The maximum atomic E-state index is 14.9. The lowest BCUT2D eigenvalue weighted by Gasteiger charge is -2.38. The summed E-state index contributed by atoms with van der Waals surface area (Å²) < 4.78 is 0. The van der Waals surface area contributed by atoms with Gasteiger partial charge in [0.25, 0.3) is 5.91 Å². The van der Waals surface area contributed by atoms with Crippen LogP contribution in [0.3, 0.4) is 0 Å². The zero-order chi connectivity index (χ0) is 37.0. The van der Waals surface area contributed by atoms with E-state index in [0.29, 0.717) is 19.4 Å². The number of carbonyl (C=O) groups excluding carboxylic acids is 6. The second-order valence-corrected chi connectivity index (χ2v) is 18.5. The average molecular weight is 699 g/mol. The van der Waals surface area contributed by atoms with E-state index in [1.807, 2.05) is 20.8 Å². The second kappa shape index (κ2) is 13.5. The van der Waals surface area contributed by atoms with Crippen molar-refractivity contribution < 1.29 is 28.8 Å². The lowest BCUT2D eigenvalue weighted by atomic mass is 9.73. The number of fused-ring (bicyclic) bond motifs is 1. The maximum absolute atomic E-state index is 14.9. The minimum absolute atomic E-state index is 0.0216. The molecular formula is C38H62N6O6. The van der Waals surface area contributed by atoms with Crippen molar-refractivity contribution in [2.75, 3.05) is 6.54 Å². The van der Waals surface area contributed by atoms with Crippen molar-refractivity contribution in [3.63, 3.8) is 0 Å². The molecule has 5 fully saturated rings. The highest BCUT2D eigenvalue weighted by atomic mass is 16.2. The molecule has 12 nitrogen and oxygen atoms in total. The predicted octanol–water partition coefficient (Wildman–Crippen LogP) is 2.85. The first-order valence-electron chi connectivity index (χ1n) is 19.0. The SMILES string of the molecule is CC(C)(N)C(=O)N[C@H](C(=O)N[C@H](C(=O)N1C[C@]2(C[C@H]1C(=O)NC(CC1CCC1)C(=O)C(N)=O)C(C)(C)C21CCC1)C(C)(C)C)C1CCCCC1. The molecule has 5 aliphatic rings. The molecule has 0 radical (unpaired) electrons. The molecule has 280 valence electrons. The van der Waals surface area contributed by atoms with Gasteiger partial charge in [-0.15, -0.1) is 0 Å². The number of ketones is 1. The third kappa shape index (κ3) is 6.70. The number of nitrogens with one attached hydrogen (secondary N) is 3. The van der Waals surface area contributed by atoms with E-state index in [4.69, 9.17) is 11.5 Å². The van der Waals surface area contributed by atoms with Gasteiger partial charge in [-0.25, -0.2) is 0 Å². The second-order valence-electron chi connectivity index (χ2n) is 18.5. The molecule has 7 N–H and O–H groups in total. The topological polar surface area (TPSA) is 194 Å². The van der Waals surface area contributed by atoms with Gasteiger partial charge in [-0.2, -0.15) is 0 Å². The normalized spacial score (nSPS) is 27.8. The van der Waals surface area contributed by atoms with Crippen molar-refractivity contribution in [1.82, 2.24) is 20.9 Å². The molecule has 0 aromatic carbocycles. The molecule has 5 rings (SSSR count). The Kier molecular flexibility index (Phi) is 10.3. The molecule has 4 aliphatic carbocycles. The summed E-state index contributed by atoms with van der Waals surface area (Å²) in [6.07, 6.45) is 11.3. The third-order valence-electron chi connectivity index (χ3n) is 13.7. The number of nitrogens with zero attached hydrogens (tertiary/aromatic N) is 1. The Morgan fingerprint density at radius 2 is 1.44 bits per heavy atom. The lowest BCUT2D eigenvalue weighted by Crippen LogP contribution is -2.63. The van der Waals surface area contributed by atoms with E-state index in [2.05, 4.69) is 29.8 Å². The standard InChI is InChI=1S/C38H62N6O6/c1-34(2,3)28(43-31(48)26(23-15-9-8-10-16-23)42-33(50)35(4,5)40)32(49)44-21-38(36(6,7)37(38)17-12-18-37)20-25(44)30(47)41-24(27(45)29(39)46)19-22-13-11-14-22/h22-26,28H,8-21,40H2,1-7H3,(H2,39,46)(H,41,47)(H,42,50)(H,43,48)/t24?,25-,26-,28+,38+/m0/s1. The molecular weight excluding hydrogens is 636 g/mol. The molecule has 2 spiro atoms. The zero-order valence-electron chi connectivity index (χ0n) is 31.4. The first-order chi connectivity index (χ1) is 23.2. The summed E-state index contributed by atoms with van der Waals surface area (Å²) in [5, 5.41) is 8.82. The Labute approximate surface area is 297 Å². The number of amides is 5. The van der Waals surface area contributed by atoms with Crippen molar-refractivity contribution in [1.29, 1.82) is 0 Å². The van der Waals surface area contributed by atoms with E-state index in [-0.39, 0.29) is 34.0 Å². The Balaban J connectivity index is 1.44. The Morgan fingerprint density at radius 1 is 0.820 bits per heavy atom. The number of likely N-dealkylation sites (tertiary alicyclic amines) is 1. The van der Waals surface area contributed by atoms with Crippen LogP contribution in [0.1, 0.15) is 132 Å². The number of carbonyl (C=O) groups is 6. The van der Waals surface area contributed by atoms with E-state index in [1.165, 1.54) is 0 Å². The van der Waals surface area contributed by atoms with Crippen LogP contribution in [0.15, 0.2) is 0 Å². The number of Topliss-reactive ketones (excluding diaryl/α,β-unsaturated/α-hetero) is 1. The van der Waals surface area contributed by atoms with E-state index >= 15 is 0 Å². The van der Waals surface area contributed by atoms with Crippen LogP contribution >= 0.6 is 0 Å². The van der Waals surface area contributed by atoms with Crippen LogP contribution in [-0.2, 0) is 28.8 Å². The van der Waals surface area contributed by atoms with Gasteiger partial charge in [-0.1, -0.05) is 79.6 Å². The Morgan fingerprint density at radius 3 is 1.90 bits per heavy atom. The summed E-state index contributed by atoms with van der Waals surface area (Å²) in [6.45, 7) is 13.6. The molecule has 12 heteroatoms. The van der Waals surface area contributed by atoms with Crippen LogP contribution in [0.25, 0.3) is 0 Å². The number of rotatable bonds is 12. The monoisotopic (exact) mass is 698 g/mol. The van der Waals surface area contributed by atoms with Crippen molar-refractivity contribution in [2.24, 2.45) is 45.0 Å². The van der Waals surface area contributed by atoms with Gasteiger partial charge >= 0.3 is 0 Å². The fraction of sp³-hybridized carbons (Fsp3) is 0.842. The van der Waals surface area contributed by atoms with Gasteiger partial charge in [0.15, 0.2) is 0 Å². The summed E-state index contributed by atoms with van der Waals surface area (Å²) in [7, 11) is 0. The number of hydrogen-bond acceptors (Lipinski definition) is 7. The Hall–Kier alpha value is -3.02. The van der Waals surface area contributed by atoms with E-state index in [1.54, 1.807) is 18.7 Å². The van der Waals surface area contributed by atoms with Gasteiger partial charge in [-0.3, -0.25) is 28.8 Å². The summed E-state index contributed by atoms with van der Waals surface area (Å²) in [4.78, 5) is 83.1. The quantitative estimate of drug-likeness (QED) is 0.193. The largest absolute Gasteiger partial charge is 0.363 e. The van der Waals surface area contributed by atoms with Gasteiger partial charge in [0.1, 0.15) is 18.1 Å². The highest BCUT2D eigenvalue weighted by Gasteiger charge is 2.85. The van der Waals surface area contributed by atoms with Gasteiger partial charge in [0, 0.05) is 12.0 Å². The maximum Gasteiger partial charge on any atom is 0.287 e. The number of nitrogens with two attached hydrogens (primary N) is 2. The zero-order valence-corrected chi connectivity index (χ0v) is 31.4. The molecule has 5 amide bonds. The summed E-state index contributed by atoms with van der Waals surface area (Å²) in [5.74, 6) is -3.51. The van der Waals surface area contributed by atoms with Gasteiger partial charge in [-0.05, 0) is 80.5 Å². The van der Waals surface area contributed by atoms with Crippen molar-refractivity contribution in [2.45, 2.75) is 162 Å². The van der Waals surface area contributed by atoms with E-state index in [0.717, 1.165) is 70.6 Å². The lowest BCUT2D eigenvalue weighted by molar-refractivity contribution is -0.145. The first-order valence-corrected chi connectivity index (χ1v) is 19.0. The smallest absolute Gasteiger partial charge is 0.287 e. The third-order valence-corrected chi connectivity index (χ3v) is 13.7. The summed E-state index contributed by atoms with van der Waals surface area (Å²) >= 11 is 0. The van der Waals surface area contributed by atoms with Crippen LogP contribution in [0, 0.1) is 33.5 Å². The highest BCUT2D eigenvalue weighted by Crippen LogP contribution is 2.88. The fourth-order valence-electron chi connectivity index (χ4n) is 10.0. The molecule has 1 unspecified atom stereocenters. The predicted molar refractivity (Wildman–Crippen MR) is 189 cm³/mol. The highest BCUT2D eigenvalue weighted by molar-refractivity contribution is 6.37. The number of primary amides is 1. The summed E-state index contributed by atoms with van der Waals surface area (Å²) in [5.41, 5.74) is 9.21. The molecule has 4 saturated carbocycles. The molecule has 0 bridgehead atoms. The molecule has 5 atom stereocenters. The molecule has 1 aliphatic heterocycles. The molecule has 0 aromatic rings. The van der Waals surface area contributed by atoms with Crippen LogP contribution in [0.4, 0.5) is 0 Å². The van der Waals surface area contributed by atoms with Gasteiger partial charge < -0.3 is 32.3 Å². The molecule has 0 aromatic heterocycles. The summed E-state index contributed by atoms with van der Waals surface area (Å²) in [6, 6.07) is -3.81. The van der Waals surface area contributed by atoms with Gasteiger partial charge in [0.05, 0.1) is 11.6 Å². The first kappa shape index (κ1) is 38.2. The van der Waals surface area contributed by atoms with Crippen LogP contribution < -0.4 is 27.4 Å². The molecule has 50 heavy (non-hydrogen) atoms. The van der Waals surface area contributed by atoms with Crippen molar-refractivity contribution in [3.8, 4) is 0 Å². The van der Waals surface area contributed by atoms with Gasteiger partial charge in [0.2, 0.25) is 29.4 Å². The minimum Gasteiger partial charge on any atom is -0.363 e.